The van der Waals surface area contributed by atoms with Crippen molar-refractivity contribution >= 4 is 5.69 Å². The van der Waals surface area contributed by atoms with Gasteiger partial charge < -0.3 is 5.32 Å². The van der Waals surface area contributed by atoms with Crippen LogP contribution in [0.4, 0.5) is 18.9 Å². The van der Waals surface area contributed by atoms with Gasteiger partial charge in [0.25, 0.3) is 0 Å². The van der Waals surface area contributed by atoms with Crippen LogP contribution in [0.15, 0.2) is 73.1 Å². The van der Waals surface area contributed by atoms with Gasteiger partial charge in [0.15, 0.2) is 11.6 Å². The van der Waals surface area contributed by atoms with Crippen molar-refractivity contribution in [1.29, 1.82) is 0 Å². The topological polar surface area (TPSA) is 66.5 Å². The minimum absolute atomic E-state index is 0.331. The molecule has 4 rings (SSSR count). The number of nitrogens with one attached hydrogen (secondary N) is 2. The number of H-pyrrole nitrogens is 1. The second-order valence-electron chi connectivity index (χ2n) is 6.34. The first-order chi connectivity index (χ1) is 14.0. The zero-order valence-corrected chi connectivity index (χ0v) is 15.1. The zero-order chi connectivity index (χ0) is 20.3. The van der Waals surface area contributed by atoms with Crippen LogP contribution in [0.5, 0.6) is 0 Å². The number of aromatic amines is 1. The van der Waals surface area contributed by atoms with Crippen LogP contribution in [0.1, 0.15) is 11.1 Å². The average Bonchev–Trinajstić information content (AvgIpc) is 3.23. The Morgan fingerprint density at radius 2 is 1.62 bits per heavy atom. The van der Waals surface area contributed by atoms with Gasteiger partial charge in [-0.1, -0.05) is 24.3 Å². The van der Waals surface area contributed by atoms with E-state index in [1.807, 2.05) is 36.4 Å². The molecule has 0 aliphatic carbocycles. The Balaban J connectivity index is 1.57. The highest BCUT2D eigenvalue weighted by atomic mass is 19.4. The lowest BCUT2D eigenvalue weighted by Gasteiger charge is -2.10. The van der Waals surface area contributed by atoms with Gasteiger partial charge in [-0.25, -0.2) is 4.98 Å². The van der Waals surface area contributed by atoms with Gasteiger partial charge in [0.2, 0.25) is 0 Å². The van der Waals surface area contributed by atoms with Crippen molar-refractivity contribution in [3.63, 3.8) is 0 Å². The molecule has 0 radical (unpaired) electrons. The molecule has 5 nitrogen and oxygen atoms in total. The molecule has 0 aliphatic rings. The number of aromatic nitrogens is 4. The molecule has 2 aromatic heterocycles. The van der Waals surface area contributed by atoms with Crippen LogP contribution in [0, 0.1) is 0 Å². The molecule has 146 valence electrons. The predicted molar refractivity (Wildman–Crippen MR) is 104 cm³/mol. The lowest BCUT2D eigenvalue weighted by molar-refractivity contribution is -0.137. The fourth-order valence-corrected chi connectivity index (χ4v) is 2.86. The highest BCUT2D eigenvalue weighted by Crippen LogP contribution is 2.31. The van der Waals surface area contributed by atoms with Crippen molar-refractivity contribution in [2.24, 2.45) is 0 Å². The summed E-state index contributed by atoms with van der Waals surface area (Å²) in [4.78, 5) is 8.46. The van der Waals surface area contributed by atoms with Crippen LogP contribution >= 0.6 is 0 Å². The number of alkyl halides is 3. The summed E-state index contributed by atoms with van der Waals surface area (Å²) in [6.07, 6.45) is -0.909. The van der Waals surface area contributed by atoms with E-state index < -0.39 is 11.7 Å². The van der Waals surface area contributed by atoms with Crippen LogP contribution in [0.3, 0.4) is 0 Å². The average molecular weight is 395 g/mol. The molecule has 0 amide bonds. The van der Waals surface area contributed by atoms with Crippen molar-refractivity contribution in [3.05, 3.63) is 84.2 Å². The number of hydrogen-bond donors (Lipinski definition) is 2. The summed E-state index contributed by atoms with van der Waals surface area (Å²) in [5.74, 6) is 0.857. The molecule has 0 saturated heterocycles. The highest BCUT2D eigenvalue weighted by Gasteiger charge is 2.30. The minimum Gasteiger partial charge on any atom is -0.380 e. The first kappa shape index (κ1) is 18.7. The molecule has 0 fully saturated rings. The fraction of sp³-hybridized carbons (Fsp3) is 0.0952. The minimum atomic E-state index is -4.37. The van der Waals surface area contributed by atoms with Crippen LogP contribution in [0.2, 0.25) is 0 Å². The van der Waals surface area contributed by atoms with Crippen LogP contribution < -0.4 is 5.32 Å². The molecule has 0 saturated carbocycles. The maximum atomic E-state index is 12.7. The van der Waals surface area contributed by atoms with E-state index in [9.17, 15) is 13.2 Å². The molecule has 0 unspecified atom stereocenters. The molecular weight excluding hydrogens is 379 g/mol. The molecular formula is C21H16F3N5. The van der Waals surface area contributed by atoms with Gasteiger partial charge in [-0.15, -0.1) is 0 Å². The van der Waals surface area contributed by atoms with Crippen LogP contribution in [-0.2, 0) is 12.7 Å². The fourth-order valence-electron chi connectivity index (χ4n) is 2.86. The lowest BCUT2D eigenvalue weighted by atomic mass is 10.1. The van der Waals surface area contributed by atoms with Gasteiger partial charge in [-0.05, 0) is 42.0 Å². The molecule has 2 heterocycles. The van der Waals surface area contributed by atoms with Gasteiger partial charge in [0, 0.05) is 35.8 Å². The van der Waals surface area contributed by atoms with E-state index in [2.05, 4.69) is 25.5 Å². The summed E-state index contributed by atoms with van der Waals surface area (Å²) < 4.78 is 38.2. The van der Waals surface area contributed by atoms with Gasteiger partial charge >= 0.3 is 6.18 Å². The number of halogens is 3. The second-order valence-corrected chi connectivity index (χ2v) is 6.34. The van der Waals surface area contributed by atoms with E-state index in [-0.39, 0.29) is 0 Å². The third-order valence-electron chi connectivity index (χ3n) is 4.37. The van der Waals surface area contributed by atoms with E-state index in [0.29, 0.717) is 23.8 Å². The van der Waals surface area contributed by atoms with Gasteiger partial charge in [0.05, 0.1) is 5.56 Å². The summed E-state index contributed by atoms with van der Waals surface area (Å²) in [5, 5.41) is 10.4. The van der Waals surface area contributed by atoms with E-state index in [4.69, 9.17) is 0 Å². The highest BCUT2D eigenvalue weighted by molar-refractivity contribution is 5.74. The normalized spacial score (nSPS) is 11.4. The second kappa shape index (κ2) is 7.75. The Hall–Kier alpha value is -3.68. The molecule has 2 aromatic carbocycles. The summed E-state index contributed by atoms with van der Waals surface area (Å²) in [6.45, 7) is 0.611. The van der Waals surface area contributed by atoms with Gasteiger partial charge in [-0.2, -0.15) is 18.3 Å². The lowest BCUT2D eigenvalue weighted by Crippen LogP contribution is -2.04. The van der Waals surface area contributed by atoms with Crippen molar-refractivity contribution in [1.82, 2.24) is 20.2 Å². The molecule has 0 spiro atoms. The molecule has 0 aliphatic heterocycles. The van der Waals surface area contributed by atoms with Crippen molar-refractivity contribution in [2.45, 2.75) is 12.7 Å². The maximum absolute atomic E-state index is 12.7. The molecule has 0 atom stereocenters. The molecule has 2 N–H and O–H groups in total. The first-order valence-electron chi connectivity index (χ1n) is 8.83. The number of benzene rings is 2. The quantitative estimate of drug-likeness (QED) is 0.490. The third kappa shape index (κ3) is 4.26. The van der Waals surface area contributed by atoms with Crippen molar-refractivity contribution in [2.75, 3.05) is 5.32 Å². The Labute approximate surface area is 164 Å². The van der Waals surface area contributed by atoms with Gasteiger partial charge in [0.1, 0.15) is 0 Å². The Kier molecular flexibility index (Phi) is 4.99. The monoisotopic (exact) mass is 395 g/mol. The van der Waals surface area contributed by atoms with E-state index in [1.165, 1.54) is 12.1 Å². The van der Waals surface area contributed by atoms with Crippen LogP contribution in [-0.4, -0.2) is 20.2 Å². The number of para-hydroxylation sites is 1. The molecule has 0 bridgehead atoms. The Morgan fingerprint density at radius 1 is 0.897 bits per heavy atom. The molecule has 29 heavy (non-hydrogen) atoms. The van der Waals surface area contributed by atoms with E-state index in [1.54, 1.807) is 12.4 Å². The number of anilines is 1. The number of pyridine rings is 1. The smallest absolute Gasteiger partial charge is 0.380 e. The number of hydrogen-bond acceptors (Lipinski definition) is 4. The third-order valence-corrected chi connectivity index (χ3v) is 4.37. The number of rotatable bonds is 5. The summed E-state index contributed by atoms with van der Waals surface area (Å²) in [7, 11) is 0. The summed E-state index contributed by atoms with van der Waals surface area (Å²) >= 11 is 0. The zero-order valence-electron chi connectivity index (χ0n) is 15.1. The SMILES string of the molecule is FC(F)(F)c1ccc(-c2n[nH]c(-c3ccccc3NCc3ccncc3)n2)cc1. The Bertz CT molecular complexity index is 1090. The molecule has 4 aromatic rings. The number of nitrogens with zero attached hydrogens (tertiary/aromatic N) is 3. The largest absolute Gasteiger partial charge is 0.416 e. The standard InChI is InChI=1S/C21H16F3N5/c22-21(23,24)16-7-5-15(6-8-16)19-27-20(29-28-19)17-3-1-2-4-18(17)26-13-14-9-11-25-12-10-14/h1-12,26H,13H2,(H,27,28,29). The van der Waals surface area contributed by atoms with E-state index >= 15 is 0 Å². The predicted octanol–water partition coefficient (Wildman–Crippen LogP) is 5.16. The van der Waals surface area contributed by atoms with Crippen molar-refractivity contribution < 1.29 is 13.2 Å². The Morgan fingerprint density at radius 3 is 2.34 bits per heavy atom. The van der Waals surface area contributed by atoms with E-state index in [0.717, 1.165) is 28.9 Å². The first-order valence-corrected chi connectivity index (χ1v) is 8.83. The van der Waals surface area contributed by atoms with Crippen LogP contribution in [0.25, 0.3) is 22.8 Å². The van der Waals surface area contributed by atoms with Crippen molar-refractivity contribution in [3.8, 4) is 22.8 Å². The summed E-state index contributed by atoms with van der Waals surface area (Å²) in [6, 6.07) is 16.2. The summed E-state index contributed by atoms with van der Waals surface area (Å²) in [5.41, 5.74) is 2.55. The molecule has 8 heteroatoms. The van der Waals surface area contributed by atoms with Gasteiger partial charge in [-0.3, -0.25) is 10.1 Å². The maximum Gasteiger partial charge on any atom is 0.416 e.